The van der Waals surface area contributed by atoms with Gasteiger partial charge in [0, 0.05) is 25.6 Å². The molecular formula is C19H32N2O3S. The van der Waals surface area contributed by atoms with Crippen LogP contribution in [0.4, 0.5) is 0 Å². The zero-order chi connectivity index (χ0) is 17.7. The standard InChI is InChI=1S/C19H32N2O3S/c1-2-25(23,24)20-17-3-5-21(6-4-17)18(22)13-19-10-14-7-15(11-19)9-16(8-14)12-19/h14-17,20H,2-13H2,1H3. The number of sulfonamides is 1. The minimum atomic E-state index is -3.15. The Balaban J connectivity index is 1.31. The third-order valence-electron chi connectivity index (χ3n) is 7.27. The summed E-state index contributed by atoms with van der Waals surface area (Å²) in [5, 5.41) is 0. The monoisotopic (exact) mass is 368 g/mol. The Hall–Kier alpha value is -0.620. The number of nitrogens with one attached hydrogen (secondary N) is 1. The second kappa shape index (κ2) is 6.52. The van der Waals surface area contributed by atoms with Crippen molar-refractivity contribution in [3.8, 4) is 0 Å². The smallest absolute Gasteiger partial charge is 0.223 e. The van der Waals surface area contributed by atoms with E-state index in [9.17, 15) is 13.2 Å². The van der Waals surface area contributed by atoms with Gasteiger partial charge in [0.25, 0.3) is 0 Å². The highest BCUT2D eigenvalue weighted by atomic mass is 32.2. The molecule has 5 nitrogen and oxygen atoms in total. The van der Waals surface area contributed by atoms with Crippen molar-refractivity contribution in [2.75, 3.05) is 18.8 Å². The molecule has 5 rings (SSSR count). The Morgan fingerprint density at radius 3 is 2.04 bits per heavy atom. The van der Waals surface area contributed by atoms with Crippen molar-refractivity contribution in [3.05, 3.63) is 0 Å². The molecule has 1 N–H and O–H groups in total. The van der Waals surface area contributed by atoms with Crippen molar-refractivity contribution in [1.82, 2.24) is 9.62 Å². The van der Waals surface area contributed by atoms with E-state index in [2.05, 4.69) is 4.72 Å². The van der Waals surface area contributed by atoms with Gasteiger partial charge in [0.1, 0.15) is 0 Å². The van der Waals surface area contributed by atoms with Gasteiger partial charge >= 0.3 is 0 Å². The van der Waals surface area contributed by atoms with Crippen LogP contribution in [0.25, 0.3) is 0 Å². The molecule has 5 aliphatic rings. The summed E-state index contributed by atoms with van der Waals surface area (Å²) < 4.78 is 26.2. The van der Waals surface area contributed by atoms with Crippen LogP contribution in [0, 0.1) is 23.2 Å². The van der Waals surface area contributed by atoms with Crippen LogP contribution in [0.15, 0.2) is 0 Å². The number of likely N-dealkylation sites (tertiary alicyclic amines) is 1. The molecule has 1 amide bonds. The third kappa shape index (κ3) is 3.75. The summed E-state index contributed by atoms with van der Waals surface area (Å²) in [7, 11) is -3.15. The predicted octanol–water partition coefficient (Wildman–Crippen LogP) is 2.52. The number of hydrogen-bond donors (Lipinski definition) is 1. The van der Waals surface area contributed by atoms with Gasteiger partial charge in [-0.05, 0) is 81.5 Å². The highest BCUT2D eigenvalue weighted by Gasteiger charge is 2.51. The normalized spacial score (nSPS) is 38.3. The molecule has 0 radical (unpaired) electrons. The number of piperidine rings is 1. The lowest BCUT2D eigenvalue weighted by Gasteiger charge is -2.57. The number of carbonyl (C=O) groups is 1. The topological polar surface area (TPSA) is 66.5 Å². The van der Waals surface area contributed by atoms with Gasteiger partial charge in [0.2, 0.25) is 15.9 Å². The van der Waals surface area contributed by atoms with Crippen molar-refractivity contribution >= 4 is 15.9 Å². The summed E-state index contributed by atoms with van der Waals surface area (Å²) in [6.45, 7) is 3.05. The van der Waals surface area contributed by atoms with Gasteiger partial charge in [0.05, 0.1) is 5.75 Å². The average molecular weight is 369 g/mol. The zero-order valence-corrected chi connectivity index (χ0v) is 16.2. The average Bonchev–Trinajstić information content (AvgIpc) is 2.53. The summed E-state index contributed by atoms with van der Waals surface area (Å²) in [5.74, 6) is 3.09. The van der Waals surface area contributed by atoms with Crippen LogP contribution < -0.4 is 4.72 Å². The fraction of sp³-hybridized carbons (Fsp3) is 0.947. The van der Waals surface area contributed by atoms with E-state index in [1.165, 1.54) is 38.5 Å². The first-order chi connectivity index (χ1) is 11.9. The van der Waals surface area contributed by atoms with Crippen molar-refractivity contribution in [2.45, 2.75) is 70.8 Å². The fourth-order valence-corrected chi connectivity index (χ4v) is 7.43. The molecule has 25 heavy (non-hydrogen) atoms. The van der Waals surface area contributed by atoms with Gasteiger partial charge in [-0.3, -0.25) is 4.79 Å². The second-order valence-corrected chi connectivity index (χ2v) is 11.3. The minimum Gasteiger partial charge on any atom is -0.343 e. The molecule has 1 aliphatic heterocycles. The van der Waals surface area contributed by atoms with Crippen LogP contribution in [0.2, 0.25) is 0 Å². The summed E-state index contributed by atoms with van der Waals surface area (Å²) >= 11 is 0. The van der Waals surface area contributed by atoms with Gasteiger partial charge in [-0.15, -0.1) is 0 Å². The maximum atomic E-state index is 12.9. The third-order valence-corrected chi connectivity index (χ3v) is 8.72. The molecule has 0 atom stereocenters. The van der Waals surface area contributed by atoms with Gasteiger partial charge < -0.3 is 4.90 Å². The Morgan fingerprint density at radius 2 is 1.56 bits per heavy atom. The molecule has 0 aromatic carbocycles. The SMILES string of the molecule is CCS(=O)(=O)NC1CCN(C(=O)CC23CC4CC(CC(C4)C2)C3)CC1. The number of hydrogen-bond acceptors (Lipinski definition) is 3. The molecule has 142 valence electrons. The summed E-state index contributed by atoms with van der Waals surface area (Å²) in [6, 6.07) is -0.00597. The van der Waals surface area contributed by atoms with Crippen molar-refractivity contribution in [3.63, 3.8) is 0 Å². The fourth-order valence-electron chi connectivity index (χ4n) is 6.52. The zero-order valence-electron chi connectivity index (χ0n) is 15.4. The number of nitrogens with zero attached hydrogens (tertiary/aromatic N) is 1. The minimum absolute atomic E-state index is 0.00597. The number of amides is 1. The lowest BCUT2D eigenvalue weighted by Crippen LogP contribution is -2.50. The molecular weight excluding hydrogens is 336 g/mol. The molecule has 0 aromatic rings. The molecule has 4 saturated carbocycles. The Kier molecular flexibility index (Phi) is 4.64. The van der Waals surface area contributed by atoms with Crippen LogP contribution in [0.3, 0.4) is 0 Å². The molecule has 4 aliphatic carbocycles. The maximum Gasteiger partial charge on any atom is 0.223 e. The van der Waals surface area contributed by atoms with Crippen LogP contribution in [-0.2, 0) is 14.8 Å². The number of rotatable bonds is 5. The van der Waals surface area contributed by atoms with Crippen LogP contribution >= 0.6 is 0 Å². The van der Waals surface area contributed by atoms with E-state index in [0.717, 1.165) is 37.0 Å². The van der Waals surface area contributed by atoms with E-state index in [1.807, 2.05) is 4.90 Å². The largest absolute Gasteiger partial charge is 0.343 e. The van der Waals surface area contributed by atoms with E-state index in [-0.39, 0.29) is 11.8 Å². The van der Waals surface area contributed by atoms with Crippen molar-refractivity contribution in [2.24, 2.45) is 23.2 Å². The predicted molar refractivity (Wildman–Crippen MR) is 97.4 cm³/mol. The van der Waals surface area contributed by atoms with Gasteiger partial charge in [-0.2, -0.15) is 0 Å². The summed E-state index contributed by atoms with van der Waals surface area (Å²) in [6.07, 6.45) is 10.3. The van der Waals surface area contributed by atoms with E-state index >= 15 is 0 Å². The molecule has 0 unspecified atom stereocenters. The molecule has 1 saturated heterocycles. The first-order valence-electron chi connectivity index (χ1n) is 10.1. The summed E-state index contributed by atoms with van der Waals surface area (Å²) in [5.41, 5.74) is 0.298. The lowest BCUT2D eigenvalue weighted by atomic mass is 9.49. The lowest BCUT2D eigenvalue weighted by molar-refractivity contribution is -0.140. The van der Waals surface area contributed by atoms with Crippen LogP contribution in [0.1, 0.15) is 64.7 Å². The second-order valence-electron chi connectivity index (χ2n) is 9.27. The van der Waals surface area contributed by atoms with Crippen LogP contribution in [0.5, 0.6) is 0 Å². The maximum absolute atomic E-state index is 12.9. The molecule has 0 spiro atoms. The molecule has 0 aromatic heterocycles. The van der Waals surface area contributed by atoms with E-state index < -0.39 is 10.0 Å². The van der Waals surface area contributed by atoms with Gasteiger partial charge in [-0.25, -0.2) is 13.1 Å². The van der Waals surface area contributed by atoms with Gasteiger partial charge in [0.15, 0.2) is 0 Å². The van der Waals surface area contributed by atoms with E-state index in [1.54, 1.807) is 6.92 Å². The highest BCUT2D eigenvalue weighted by molar-refractivity contribution is 7.89. The molecule has 1 heterocycles. The first kappa shape index (κ1) is 17.8. The van der Waals surface area contributed by atoms with Gasteiger partial charge in [-0.1, -0.05) is 0 Å². The summed E-state index contributed by atoms with van der Waals surface area (Å²) in [4.78, 5) is 14.9. The quantitative estimate of drug-likeness (QED) is 0.811. The highest BCUT2D eigenvalue weighted by Crippen LogP contribution is 2.61. The van der Waals surface area contributed by atoms with Crippen molar-refractivity contribution in [1.29, 1.82) is 0 Å². The first-order valence-corrected chi connectivity index (χ1v) is 11.8. The number of carbonyl (C=O) groups excluding carboxylic acids is 1. The Bertz CT molecular complexity index is 587. The van der Waals surface area contributed by atoms with Crippen LogP contribution in [-0.4, -0.2) is 44.1 Å². The van der Waals surface area contributed by atoms with E-state index in [4.69, 9.17) is 0 Å². The van der Waals surface area contributed by atoms with E-state index in [0.29, 0.717) is 24.4 Å². The molecule has 6 heteroatoms. The van der Waals surface area contributed by atoms with Crippen molar-refractivity contribution < 1.29 is 13.2 Å². The Morgan fingerprint density at radius 1 is 1.04 bits per heavy atom. The Labute approximate surface area is 152 Å². The molecule has 5 fully saturated rings. The molecule has 4 bridgehead atoms.